The summed E-state index contributed by atoms with van der Waals surface area (Å²) in [7, 11) is 0. The summed E-state index contributed by atoms with van der Waals surface area (Å²) in [5.41, 5.74) is 2.38. The van der Waals surface area contributed by atoms with E-state index in [1.54, 1.807) is 16.8 Å². The summed E-state index contributed by atoms with van der Waals surface area (Å²) in [6.07, 6.45) is 3.21. The first-order valence-electron chi connectivity index (χ1n) is 6.02. The van der Waals surface area contributed by atoms with Crippen LogP contribution in [0.25, 0.3) is 5.69 Å². The van der Waals surface area contributed by atoms with Gasteiger partial charge in [0.25, 0.3) is 5.91 Å². The maximum absolute atomic E-state index is 11.9. The fraction of sp³-hybridized carbons (Fsp3) is 0.0769. The molecule has 20 heavy (non-hydrogen) atoms. The van der Waals surface area contributed by atoms with Gasteiger partial charge >= 0.3 is 0 Å². The lowest BCUT2D eigenvalue weighted by Gasteiger charge is -2.04. The summed E-state index contributed by atoms with van der Waals surface area (Å²) >= 11 is 0. The molecule has 0 atom stereocenters. The van der Waals surface area contributed by atoms with E-state index >= 15 is 0 Å². The second-order valence-corrected chi connectivity index (χ2v) is 4.24. The van der Waals surface area contributed by atoms with Gasteiger partial charge in [0.05, 0.1) is 11.4 Å². The van der Waals surface area contributed by atoms with E-state index in [0.29, 0.717) is 11.5 Å². The lowest BCUT2D eigenvalue weighted by Crippen LogP contribution is -2.13. The Hall–Kier alpha value is -2.96. The zero-order valence-electron chi connectivity index (χ0n) is 10.7. The molecule has 3 rings (SSSR count). The third-order valence-electron chi connectivity index (χ3n) is 2.76. The summed E-state index contributed by atoms with van der Waals surface area (Å²) in [6.45, 7) is 1.93. The number of aryl methyl sites for hydroxylation is 1. The average molecular weight is 268 g/mol. The third kappa shape index (κ3) is 2.41. The molecule has 0 spiro atoms. The number of aromatic amines is 1. The van der Waals surface area contributed by atoms with Gasteiger partial charge in [-0.1, -0.05) is 0 Å². The summed E-state index contributed by atoms with van der Waals surface area (Å²) in [4.78, 5) is 15.8. The predicted molar refractivity (Wildman–Crippen MR) is 72.6 cm³/mol. The van der Waals surface area contributed by atoms with Gasteiger partial charge in [-0.3, -0.25) is 10.1 Å². The van der Waals surface area contributed by atoms with E-state index in [1.165, 1.54) is 6.33 Å². The number of anilines is 1. The van der Waals surface area contributed by atoms with Gasteiger partial charge < -0.3 is 0 Å². The monoisotopic (exact) mass is 268 g/mol. The van der Waals surface area contributed by atoms with E-state index in [9.17, 15) is 4.79 Å². The Morgan fingerprint density at radius 3 is 2.65 bits per heavy atom. The van der Waals surface area contributed by atoms with Crippen molar-refractivity contribution < 1.29 is 4.79 Å². The van der Waals surface area contributed by atoms with E-state index in [2.05, 4.69) is 25.6 Å². The van der Waals surface area contributed by atoms with Crippen molar-refractivity contribution in [3.05, 3.63) is 54.1 Å². The molecule has 2 heterocycles. The fourth-order valence-corrected chi connectivity index (χ4v) is 1.77. The van der Waals surface area contributed by atoms with Crippen molar-refractivity contribution in [2.75, 3.05) is 5.32 Å². The van der Waals surface area contributed by atoms with Crippen molar-refractivity contribution in [1.82, 2.24) is 25.0 Å². The van der Waals surface area contributed by atoms with Gasteiger partial charge in [-0.15, -0.1) is 0 Å². The minimum Gasteiger partial charge on any atom is -0.291 e. The summed E-state index contributed by atoms with van der Waals surface area (Å²) in [6, 6.07) is 9.06. The van der Waals surface area contributed by atoms with Crippen LogP contribution in [0.3, 0.4) is 0 Å². The van der Waals surface area contributed by atoms with E-state index < -0.39 is 0 Å². The number of rotatable bonds is 3. The summed E-state index contributed by atoms with van der Waals surface area (Å²) < 4.78 is 1.76. The van der Waals surface area contributed by atoms with Crippen molar-refractivity contribution in [2.45, 2.75) is 6.92 Å². The first-order chi connectivity index (χ1) is 9.72. The van der Waals surface area contributed by atoms with E-state index in [1.807, 2.05) is 31.3 Å². The number of nitrogens with zero attached hydrogens (tertiary/aromatic N) is 4. The molecule has 0 bridgehead atoms. The average Bonchev–Trinajstić information content (AvgIpc) is 3.10. The minimum atomic E-state index is -0.245. The zero-order chi connectivity index (χ0) is 13.9. The molecule has 0 aliphatic rings. The maximum Gasteiger partial charge on any atom is 0.258 e. The van der Waals surface area contributed by atoms with Crippen LogP contribution in [-0.2, 0) is 0 Å². The maximum atomic E-state index is 11.9. The molecule has 0 saturated carbocycles. The van der Waals surface area contributed by atoms with Crippen molar-refractivity contribution in [3.8, 4) is 5.69 Å². The highest BCUT2D eigenvalue weighted by Gasteiger charge is 2.08. The van der Waals surface area contributed by atoms with Crippen molar-refractivity contribution >= 4 is 11.9 Å². The SMILES string of the molecule is Cc1ccn(-c2ccc(C(=O)Nc3ncn[nH]3)cc2)n1. The van der Waals surface area contributed by atoms with Gasteiger partial charge in [0.2, 0.25) is 5.95 Å². The first-order valence-corrected chi connectivity index (χ1v) is 6.02. The number of carbonyl (C=O) groups excluding carboxylic acids is 1. The molecule has 2 aromatic heterocycles. The molecule has 0 aliphatic carbocycles. The van der Waals surface area contributed by atoms with Crippen LogP contribution in [0.15, 0.2) is 42.9 Å². The summed E-state index contributed by atoms with van der Waals surface area (Å²) in [5.74, 6) is 0.0757. The first kappa shape index (κ1) is 12.1. The Kier molecular flexibility index (Phi) is 3.00. The van der Waals surface area contributed by atoms with Crippen molar-refractivity contribution in [3.63, 3.8) is 0 Å². The number of benzene rings is 1. The molecule has 0 fully saturated rings. The second kappa shape index (κ2) is 4.96. The molecular formula is C13H12N6O. The highest BCUT2D eigenvalue weighted by atomic mass is 16.1. The van der Waals surface area contributed by atoms with Crippen molar-refractivity contribution in [1.29, 1.82) is 0 Å². The number of aromatic nitrogens is 5. The quantitative estimate of drug-likeness (QED) is 0.754. The van der Waals surface area contributed by atoms with Crippen LogP contribution in [0, 0.1) is 6.92 Å². The standard InChI is InChI=1S/C13H12N6O/c1-9-6-7-19(18-9)11-4-2-10(3-5-11)12(20)16-13-14-8-15-17-13/h2-8H,1H3,(H2,14,15,16,17,20). The Morgan fingerprint density at radius 2 is 2.05 bits per heavy atom. The Labute approximate surface area is 114 Å². The molecule has 7 heteroatoms. The van der Waals surface area contributed by atoms with Crippen LogP contribution in [0.1, 0.15) is 16.1 Å². The number of hydrogen-bond acceptors (Lipinski definition) is 4. The number of amides is 1. The molecule has 3 aromatic rings. The van der Waals surface area contributed by atoms with Crippen LogP contribution in [0.2, 0.25) is 0 Å². The topological polar surface area (TPSA) is 88.5 Å². The fourth-order valence-electron chi connectivity index (χ4n) is 1.77. The van der Waals surface area contributed by atoms with E-state index in [4.69, 9.17) is 0 Å². The van der Waals surface area contributed by atoms with Gasteiger partial charge in [0, 0.05) is 11.8 Å². The molecule has 100 valence electrons. The van der Waals surface area contributed by atoms with Crippen LogP contribution in [0.4, 0.5) is 5.95 Å². The Morgan fingerprint density at radius 1 is 1.25 bits per heavy atom. The molecule has 0 unspecified atom stereocenters. The van der Waals surface area contributed by atoms with Gasteiger partial charge in [0.1, 0.15) is 6.33 Å². The largest absolute Gasteiger partial charge is 0.291 e. The molecular weight excluding hydrogens is 256 g/mol. The van der Waals surface area contributed by atoms with E-state index in [-0.39, 0.29) is 5.91 Å². The van der Waals surface area contributed by atoms with E-state index in [0.717, 1.165) is 11.4 Å². The molecule has 0 radical (unpaired) electrons. The summed E-state index contributed by atoms with van der Waals surface area (Å²) in [5, 5.41) is 13.2. The zero-order valence-corrected chi connectivity index (χ0v) is 10.7. The molecule has 7 nitrogen and oxygen atoms in total. The van der Waals surface area contributed by atoms with Gasteiger partial charge in [-0.2, -0.15) is 15.2 Å². The number of H-pyrrole nitrogens is 1. The molecule has 2 N–H and O–H groups in total. The van der Waals surface area contributed by atoms with Crippen LogP contribution >= 0.6 is 0 Å². The third-order valence-corrected chi connectivity index (χ3v) is 2.76. The molecule has 1 amide bonds. The van der Waals surface area contributed by atoms with Gasteiger partial charge in [-0.25, -0.2) is 9.78 Å². The Bertz CT molecular complexity index is 714. The number of nitrogens with one attached hydrogen (secondary N) is 2. The highest BCUT2D eigenvalue weighted by molar-refractivity contribution is 6.03. The predicted octanol–water partition coefficient (Wildman–Crippen LogP) is 1.55. The lowest BCUT2D eigenvalue weighted by atomic mass is 10.2. The van der Waals surface area contributed by atoms with Gasteiger partial charge in [0.15, 0.2) is 0 Å². The normalized spacial score (nSPS) is 10.4. The molecule has 1 aromatic carbocycles. The second-order valence-electron chi connectivity index (χ2n) is 4.24. The van der Waals surface area contributed by atoms with Crippen LogP contribution < -0.4 is 5.32 Å². The highest BCUT2D eigenvalue weighted by Crippen LogP contribution is 2.10. The molecule has 0 aliphatic heterocycles. The Balaban J connectivity index is 1.77. The number of hydrogen-bond donors (Lipinski definition) is 2. The van der Waals surface area contributed by atoms with Crippen molar-refractivity contribution in [2.24, 2.45) is 0 Å². The van der Waals surface area contributed by atoms with Crippen LogP contribution in [0.5, 0.6) is 0 Å². The lowest BCUT2D eigenvalue weighted by molar-refractivity contribution is 0.102. The van der Waals surface area contributed by atoms with Gasteiger partial charge in [-0.05, 0) is 37.3 Å². The smallest absolute Gasteiger partial charge is 0.258 e. The minimum absolute atomic E-state index is 0.245. The molecule has 0 saturated heterocycles. The number of carbonyl (C=O) groups is 1. The van der Waals surface area contributed by atoms with Crippen LogP contribution in [-0.4, -0.2) is 30.9 Å².